The fourth-order valence-electron chi connectivity index (χ4n) is 3.84. The first-order valence-electron chi connectivity index (χ1n) is 11.2. The Bertz CT molecular complexity index is 1250. The molecule has 0 atom stereocenters. The highest BCUT2D eigenvalue weighted by Gasteiger charge is 2.12. The first kappa shape index (κ1) is 22.5. The van der Waals surface area contributed by atoms with Gasteiger partial charge in [0, 0.05) is 25.1 Å². The molecule has 1 heterocycles. The number of benzene rings is 3. The van der Waals surface area contributed by atoms with Gasteiger partial charge in [0.05, 0.1) is 17.6 Å². The van der Waals surface area contributed by atoms with E-state index in [4.69, 9.17) is 9.72 Å². The minimum atomic E-state index is -0.359. The van der Waals surface area contributed by atoms with Gasteiger partial charge < -0.3 is 14.6 Å². The molecule has 1 amide bonds. The summed E-state index contributed by atoms with van der Waals surface area (Å²) < 4.78 is 21.3. The molecule has 170 valence electrons. The van der Waals surface area contributed by atoms with E-state index in [1.165, 1.54) is 35.4 Å². The molecular formula is C27H28FN3O2. The summed E-state index contributed by atoms with van der Waals surface area (Å²) in [5.74, 6) is 1.26. The van der Waals surface area contributed by atoms with E-state index in [1.807, 2.05) is 30.3 Å². The van der Waals surface area contributed by atoms with Gasteiger partial charge >= 0.3 is 0 Å². The zero-order valence-corrected chi connectivity index (χ0v) is 19.0. The molecule has 1 aromatic heterocycles. The van der Waals surface area contributed by atoms with Gasteiger partial charge in [0.25, 0.3) is 5.91 Å². The zero-order chi connectivity index (χ0) is 23.2. The van der Waals surface area contributed by atoms with Gasteiger partial charge in [-0.2, -0.15) is 0 Å². The highest BCUT2D eigenvalue weighted by molar-refractivity contribution is 5.94. The van der Waals surface area contributed by atoms with Crippen molar-refractivity contribution < 1.29 is 13.9 Å². The van der Waals surface area contributed by atoms with Crippen LogP contribution >= 0.6 is 0 Å². The molecule has 0 aliphatic rings. The average Bonchev–Trinajstić information content (AvgIpc) is 3.17. The molecule has 0 bridgehead atoms. The number of carbonyl (C=O) groups excluding carboxylic acids is 1. The van der Waals surface area contributed by atoms with Crippen molar-refractivity contribution >= 4 is 16.9 Å². The van der Waals surface area contributed by atoms with Crippen LogP contribution in [0.2, 0.25) is 0 Å². The summed E-state index contributed by atoms with van der Waals surface area (Å²) in [7, 11) is 0. The fraction of sp³-hybridized carbons (Fsp3) is 0.259. The first-order valence-corrected chi connectivity index (χ1v) is 11.2. The number of nitrogens with zero attached hydrogens (tertiary/aromatic N) is 2. The molecule has 0 aliphatic carbocycles. The minimum Gasteiger partial charge on any atom is -0.493 e. The number of imidazole rings is 1. The Balaban J connectivity index is 1.38. The zero-order valence-electron chi connectivity index (χ0n) is 19.0. The first-order chi connectivity index (χ1) is 16.0. The highest BCUT2D eigenvalue weighted by atomic mass is 19.1. The van der Waals surface area contributed by atoms with Crippen molar-refractivity contribution in [1.82, 2.24) is 14.9 Å². The van der Waals surface area contributed by atoms with Gasteiger partial charge in [-0.25, -0.2) is 9.37 Å². The van der Waals surface area contributed by atoms with Crippen molar-refractivity contribution in [3.63, 3.8) is 0 Å². The summed E-state index contributed by atoms with van der Waals surface area (Å²) in [6, 6.07) is 19.7. The molecule has 5 nitrogen and oxygen atoms in total. The molecule has 4 rings (SSSR count). The summed E-state index contributed by atoms with van der Waals surface area (Å²) in [5.41, 5.74) is 4.84. The molecular weight excluding hydrogens is 417 g/mol. The van der Waals surface area contributed by atoms with Crippen LogP contribution in [-0.4, -0.2) is 28.6 Å². The lowest BCUT2D eigenvalue weighted by Crippen LogP contribution is -2.26. The van der Waals surface area contributed by atoms with E-state index in [0.29, 0.717) is 25.1 Å². The van der Waals surface area contributed by atoms with Crippen LogP contribution in [0.3, 0.4) is 0 Å². The quantitative estimate of drug-likeness (QED) is 0.359. The molecule has 3 aromatic carbocycles. The second kappa shape index (κ2) is 10.3. The lowest BCUT2D eigenvalue weighted by molar-refractivity contribution is 0.0954. The Morgan fingerprint density at radius 2 is 1.82 bits per heavy atom. The fourth-order valence-corrected chi connectivity index (χ4v) is 3.84. The Kier molecular flexibility index (Phi) is 7.03. The van der Waals surface area contributed by atoms with Crippen molar-refractivity contribution in [3.05, 3.63) is 95.1 Å². The molecule has 0 saturated heterocycles. The SMILES string of the molecule is Cc1cccc(OCCCn2c(CCNC(=O)c3ccc(F)cc3)nc3ccccc32)c1C. The van der Waals surface area contributed by atoms with E-state index in [9.17, 15) is 9.18 Å². The highest BCUT2D eigenvalue weighted by Crippen LogP contribution is 2.21. The van der Waals surface area contributed by atoms with Crippen LogP contribution in [0.5, 0.6) is 5.75 Å². The lowest BCUT2D eigenvalue weighted by atomic mass is 10.1. The second-order valence-corrected chi connectivity index (χ2v) is 8.08. The van der Waals surface area contributed by atoms with E-state index in [0.717, 1.165) is 35.6 Å². The second-order valence-electron chi connectivity index (χ2n) is 8.08. The summed E-state index contributed by atoms with van der Waals surface area (Å²) in [6.45, 7) is 5.98. The molecule has 4 aromatic rings. The molecule has 0 spiro atoms. The third-order valence-corrected chi connectivity index (χ3v) is 5.81. The van der Waals surface area contributed by atoms with Gasteiger partial charge in [-0.1, -0.05) is 24.3 Å². The molecule has 1 N–H and O–H groups in total. The molecule has 0 saturated carbocycles. The van der Waals surface area contributed by atoms with Crippen molar-refractivity contribution in [2.75, 3.05) is 13.2 Å². The lowest BCUT2D eigenvalue weighted by Gasteiger charge is -2.13. The third-order valence-electron chi connectivity index (χ3n) is 5.81. The standard InChI is InChI=1S/C27H28FN3O2/c1-19-7-5-10-25(20(19)2)33-18-6-17-31-24-9-4-3-8-23(24)30-26(31)15-16-29-27(32)21-11-13-22(28)14-12-21/h3-5,7-14H,6,15-18H2,1-2H3,(H,29,32). The van der Waals surface area contributed by atoms with Crippen LogP contribution in [0, 0.1) is 19.7 Å². The van der Waals surface area contributed by atoms with Crippen LogP contribution in [-0.2, 0) is 13.0 Å². The minimum absolute atomic E-state index is 0.223. The van der Waals surface area contributed by atoms with Crippen LogP contribution < -0.4 is 10.1 Å². The van der Waals surface area contributed by atoms with E-state index in [1.54, 1.807) is 0 Å². The molecule has 0 fully saturated rings. The average molecular weight is 446 g/mol. The van der Waals surface area contributed by atoms with Crippen molar-refractivity contribution in [2.45, 2.75) is 33.2 Å². The number of para-hydroxylation sites is 2. The van der Waals surface area contributed by atoms with Gasteiger partial charge in [0.1, 0.15) is 17.4 Å². The number of rotatable bonds is 9. The van der Waals surface area contributed by atoms with Gasteiger partial charge in [0.2, 0.25) is 0 Å². The Hall–Kier alpha value is -3.67. The van der Waals surface area contributed by atoms with E-state index in [-0.39, 0.29) is 11.7 Å². The van der Waals surface area contributed by atoms with Gasteiger partial charge in [-0.05, 0) is 73.9 Å². The summed E-state index contributed by atoms with van der Waals surface area (Å²) in [6.07, 6.45) is 1.43. The van der Waals surface area contributed by atoms with Crippen LogP contribution in [0.15, 0.2) is 66.7 Å². The summed E-state index contributed by atoms with van der Waals surface area (Å²) >= 11 is 0. The Labute approximate surface area is 193 Å². The predicted octanol–water partition coefficient (Wildman–Crippen LogP) is 5.23. The number of hydrogen-bond acceptors (Lipinski definition) is 3. The number of nitrogens with one attached hydrogen (secondary N) is 1. The Morgan fingerprint density at radius 1 is 1.03 bits per heavy atom. The number of ether oxygens (including phenoxy) is 1. The van der Waals surface area contributed by atoms with Gasteiger partial charge in [0.15, 0.2) is 0 Å². The van der Waals surface area contributed by atoms with Gasteiger partial charge in [-0.15, -0.1) is 0 Å². The monoisotopic (exact) mass is 445 g/mol. The summed E-state index contributed by atoms with van der Waals surface area (Å²) in [4.78, 5) is 17.1. The summed E-state index contributed by atoms with van der Waals surface area (Å²) in [5, 5.41) is 2.90. The number of aryl methyl sites for hydroxylation is 2. The predicted molar refractivity (Wildman–Crippen MR) is 128 cm³/mol. The topological polar surface area (TPSA) is 56.1 Å². The maximum absolute atomic E-state index is 13.1. The smallest absolute Gasteiger partial charge is 0.251 e. The van der Waals surface area contributed by atoms with Gasteiger partial charge in [-0.3, -0.25) is 4.79 Å². The van der Waals surface area contributed by atoms with Crippen LogP contribution in [0.4, 0.5) is 4.39 Å². The van der Waals surface area contributed by atoms with E-state index >= 15 is 0 Å². The maximum atomic E-state index is 13.1. The van der Waals surface area contributed by atoms with Crippen LogP contribution in [0.25, 0.3) is 11.0 Å². The number of aromatic nitrogens is 2. The van der Waals surface area contributed by atoms with E-state index in [2.05, 4.69) is 35.9 Å². The number of fused-ring (bicyclic) bond motifs is 1. The van der Waals surface area contributed by atoms with E-state index < -0.39 is 0 Å². The largest absolute Gasteiger partial charge is 0.493 e. The molecule has 6 heteroatoms. The molecule has 0 unspecified atom stereocenters. The third kappa shape index (κ3) is 5.40. The van der Waals surface area contributed by atoms with Crippen molar-refractivity contribution in [2.24, 2.45) is 0 Å². The van der Waals surface area contributed by atoms with Crippen LogP contribution in [0.1, 0.15) is 33.7 Å². The molecule has 33 heavy (non-hydrogen) atoms. The van der Waals surface area contributed by atoms with Crippen molar-refractivity contribution in [3.8, 4) is 5.75 Å². The Morgan fingerprint density at radius 3 is 2.64 bits per heavy atom. The maximum Gasteiger partial charge on any atom is 0.251 e. The number of halogens is 1. The number of amides is 1. The normalized spacial score (nSPS) is 11.0. The van der Waals surface area contributed by atoms with Crippen molar-refractivity contribution in [1.29, 1.82) is 0 Å². The number of carbonyl (C=O) groups is 1. The number of hydrogen-bond donors (Lipinski definition) is 1. The molecule has 0 aliphatic heterocycles. The molecule has 0 radical (unpaired) electrons.